The van der Waals surface area contributed by atoms with Gasteiger partial charge in [-0.1, -0.05) is 42.5 Å². The van der Waals surface area contributed by atoms with E-state index in [0.29, 0.717) is 31.5 Å². The molecule has 0 fully saturated rings. The van der Waals surface area contributed by atoms with Crippen molar-refractivity contribution in [3.05, 3.63) is 71.3 Å². The summed E-state index contributed by atoms with van der Waals surface area (Å²) in [5.74, 6) is 1.05. The molecule has 1 heterocycles. The molecule has 0 bridgehead atoms. The summed E-state index contributed by atoms with van der Waals surface area (Å²) in [5.41, 5.74) is 3.83. The Morgan fingerprint density at radius 3 is 2.64 bits per heavy atom. The number of fused-ring (bicyclic) bond motifs is 1. The number of nitrogens with zero attached hydrogens (tertiary/aromatic N) is 2. The van der Waals surface area contributed by atoms with Crippen LogP contribution in [0.3, 0.4) is 0 Å². The van der Waals surface area contributed by atoms with Gasteiger partial charge in [-0.15, -0.1) is 5.10 Å². The summed E-state index contributed by atoms with van der Waals surface area (Å²) in [6, 6.07) is 17.1. The Morgan fingerprint density at radius 1 is 1.12 bits per heavy atom. The number of carbonyl (C=O) groups is 1. The molecule has 1 aliphatic carbocycles. The number of ether oxygens (including phenoxy) is 3. The van der Waals surface area contributed by atoms with Crippen molar-refractivity contribution in [2.45, 2.75) is 32.4 Å². The van der Waals surface area contributed by atoms with E-state index >= 15 is 0 Å². The Balaban J connectivity index is 1.56. The molecule has 2 unspecified atom stereocenters. The molecule has 0 spiro atoms. The van der Waals surface area contributed by atoms with Gasteiger partial charge in [0.15, 0.2) is 0 Å². The number of hydrogen-bond donors (Lipinski definition) is 2. The third-order valence-electron chi connectivity index (χ3n) is 5.68. The van der Waals surface area contributed by atoms with Crippen molar-refractivity contribution in [3.8, 4) is 11.6 Å². The molecular weight excluding hydrogens is 420 g/mol. The Labute approximate surface area is 193 Å². The lowest BCUT2D eigenvalue weighted by Gasteiger charge is -2.23. The second-order valence-corrected chi connectivity index (χ2v) is 7.84. The monoisotopic (exact) mass is 450 g/mol. The van der Waals surface area contributed by atoms with E-state index in [4.69, 9.17) is 14.2 Å². The fourth-order valence-electron chi connectivity index (χ4n) is 4.10. The highest BCUT2D eigenvalue weighted by molar-refractivity contribution is 5.90. The van der Waals surface area contributed by atoms with Gasteiger partial charge in [0, 0.05) is 13.5 Å². The SMILES string of the molecule is CCOc1nn(-c2ccccc2)c(NC(=O)NC2c3ccccc3CC2OCCOC)c1C. The lowest BCUT2D eigenvalue weighted by Crippen LogP contribution is -2.38. The van der Waals surface area contributed by atoms with Crippen molar-refractivity contribution < 1.29 is 19.0 Å². The van der Waals surface area contributed by atoms with Crippen LogP contribution in [0.4, 0.5) is 10.6 Å². The van der Waals surface area contributed by atoms with Gasteiger partial charge in [0.1, 0.15) is 5.82 Å². The first-order valence-corrected chi connectivity index (χ1v) is 11.2. The highest BCUT2D eigenvalue weighted by atomic mass is 16.5. The normalized spacial score (nSPS) is 16.9. The fraction of sp³-hybridized carbons (Fsp3) is 0.360. The number of carbonyl (C=O) groups excluding carboxylic acids is 1. The van der Waals surface area contributed by atoms with Crippen LogP contribution in [0.15, 0.2) is 54.6 Å². The van der Waals surface area contributed by atoms with Crippen LogP contribution in [-0.4, -0.2) is 48.8 Å². The Hall–Kier alpha value is -3.36. The van der Waals surface area contributed by atoms with E-state index in [9.17, 15) is 4.79 Å². The highest BCUT2D eigenvalue weighted by Gasteiger charge is 2.34. The third kappa shape index (κ3) is 5.02. The van der Waals surface area contributed by atoms with E-state index in [1.165, 1.54) is 5.56 Å². The standard InChI is InChI=1S/C25H30N4O4/c1-4-32-24-17(2)23(29(28-24)19-11-6-5-7-12-19)27-25(30)26-22-20-13-9-8-10-18(20)16-21(22)33-15-14-31-3/h5-13,21-22H,4,14-16H2,1-3H3,(H2,26,27,30). The predicted octanol–water partition coefficient (Wildman–Crippen LogP) is 4.03. The molecule has 0 radical (unpaired) electrons. The number of rotatable bonds is 9. The lowest BCUT2D eigenvalue weighted by atomic mass is 10.1. The lowest BCUT2D eigenvalue weighted by molar-refractivity contribution is 0.00643. The molecule has 1 aliphatic rings. The van der Waals surface area contributed by atoms with Crippen LogP contribution in [0.5, 0.6) is 5.88 Å². The highest BCUT2D eigenvalue weighted by Crippen LogP contribution is 2.34. The second kappa shape index (κ2) is 10.5. The summed E-state index contributed by atoms with van der Waals surface area (Å²) in [4.78, 5) is 13.2. The second-order valence-electron chi connectivity index (χ2n) is 7.84. The first-order valence-electron chi connectivity index (χ1n) is 11.2. The number of nitrogens with one attached hydrogen (secondary N) is 2. The topological polar surface area (TPSA) is 86.6 Å². The maximum atomic E-state index is 13.2. The minimum atomic E-state index is -0.333. The van der Waals surface area contributed by atoms with Gasteiger partial charge >= 0.3 is 6.03 Å². The summed E-state index contributed by atoms with van der Waals surface area (Å²) >= 11 is 0. The van der Waals surface area contributed by atoms with Crippen molar-refractivity contribution in [2.24, 2.45) is 0 Å². The molecule has 3 aromatic rings. The molecule has 8 heteroatoms. The van der Waals surface area contributed by atoms with Crippen LogP contribution < -0.4 is 15.4 Å². The molecule has 0 saturated carbocycles. The number of urea groups is 1. The van der Waals surface area contributed by atoms with Gasteiger partial charge in [0.05, 0.1) is 43.2 Å². The zero-order valence-corrected chi connectivity index (χ0v) is 19.2. The summed E-state index contributed by atoms with van der Waals surface area (Å²) in [6.07, 6.45) is 0.572. The number of hydrogen-bond acceptors (Lipinski definition) is 5. The van der Waals surface area contributed by atoms with Crippen molar-refractivity contribution in [1.82, 2.24) is 15.1 Å². The number of para-hydroxylation sites is 1. The molecule has 33 heavy (non-hydrogen) atoms. The first kappa shape index (κ1) is 22.8. The van der Waals surface area contributed by atoms with E-state index in [2.05, 4.69) is 21.8 Å². The van der Waals surface area contributed by atoms with Crippen molar-refractivity contribution in [1.29, 1.82) is 0 Å². The van der Waals surface area contributed by atoms with E-state index in [0.717, 1.165) is 23.2 Å². The van der Waals surface area contributed by atoms with Gasteiger partial charge in [-0.3, -0.25) is 5.32 Å². The third-order valence-corrected chi connectivity index (χ3v) is 5.68. The van der Waals surface area contributed by atoms with E-state index < -0.39 is 0 Å². The van der Waals surface area contributed by atoms with Crippen LogP contribution in [0.25, 0.3) is 5.69 Å². The van der Waals surface area contributed by atoms with Crippen LogP contribution in [0.1, 0.15) is 29.7 Å². The number of aromatic nitrogens is 2. The van der Waals surface area contributed by atoms with Gasteiger partial charge in [0.25, 0.3) is 0 Å². The zero-order chi connectivity index (χ0) is 23.2. The Bertz CT molecular complexity index is 1080. The molecule has 174 valence electrons. The van der Waals surface area contributed by atoms with Crippen molar-refractivity contribution >= 4 is 11.8 Å². The molecule has 2 aromatic carbocycles. The van der Waals surface area contributed by atoms with Gasteiger partial charge in [-0.25, -0.2) is 9.48 Å². The molecule has 2 amide bonds. The van der Waals surface area contributed by atoms with Crippen molar-refractivity contribution in [2.75, 3.05) is 32.2 Å². The van der Waals surface area contributed by atoms with E-state index in [1.54, 1.807) is 11.8 Å². The maximum Gasteiger partial charge on any atom is 0.320 e. The quantitative estimate of drug-likeness (QED) is 0.481. The molecule has 1 aromatic heterocycles. The summed E-state index contributed by atoms with van der Waals surface area (Å²) in [5, 5.41) is 10.7. The zero-order valence-electron chi connectivity index (χ0n) is 19.2. The van der Waals surface area contributed by atoms with E-state index in [-0.39, 0.29) is 18.2 Å². The van der Waals surface area contributed by atoms with Crippen LogP contribution in [-0.2, 0) is 15.9 Å². The maximum absolute atomic E-state index is 13.2. The average molecular weight is 451 g/mol. The van der Waals surface area contributed by atoms with E-state index in [1.807, 2.05) is 62.4 Å². The molecule has 8 nitrogen and oxygen atoms in total. The minimum absolute atomic E-state index is 0.164. The van der Waals surface area contributed by atoms with Crippen LogP contribution in [0, 0.1) is 6.92 Å². The number of benzene rings is 2. The van der Waals surface area contributed by atoms with Crippen LogP contribution in [0.2, 0.25) is 0 Å². The largest absolute Gasteiger partial charge is 0.477 e. The molecule has 4 rings (SSSR count). The average Bonchev–Trinajstić information content (AvgIpc) is 3.33. The minimum Gasteiger partial charge on any atom is -0.477 e. The summed E-state index contributed by atoms with van der Waals surface area (Å²) in [6.45, 7) is 5.24. The summed E-state index contributed by atoms with van der Waals surface area (Å²) < 4.78 is 18.5. The van der Waals surface area contributed by atoms with Crippen LogP contribution >= 0.6 is 0 Å². The molecular formula is C25H30N4O4. The van der Waals surface area contributed by atoms with Gasteiger partial charge in [-0.2, -0.15) is 0 Å². The molecule has 0 aliphatic heterocycles. The van der Waals surface area contributed by atoms with Crippen molar-refractivity contribution in [3.63, 3.8) is 0 Å². The smallest absolute Gasteiger partial charge is 0.320 e. The molecule has 2 N–H and O–H groups in total. The molecule has 2 atom stereocenters. The Morgan fingerprint density at radius 2 is 1.88 bits per heavy atom. The first-order chi connectivity index (χ1) is 16.1. The molecule has 0 saturated heterocycles. The fourth-order valence-corrected chi connectivity index (χ4v) is 4.10. The van der Waals surface area contributed by atoms with Gasteiger partial charge in [0.2, 0.25) is 5.88 Å². The van der Waals surface area contributed by atoms with Gasteiger partial charge in [-0.05, 0) is 37.1 Å². The predicted molar refractivity (Wildman–Crippen MR) is 126 cm³/mol. The summed E-state index contributed by atoms with van der Waals surface area (Å²) in [7, 11) is 1.64. The number of methoxy groups -OCH3 is 1. The number of amides is 2. The number of anilines is 1. The van der Waals surface area contributed by atoms with Gasteiger partial charge < -0.3 is 19.5 Å². The Kier molecular flexibility index (Phi) is 7.26.